The molecule has 0 saturated carbocycles. The van der Waals surface area contributed by atoms with Crippen LogP contribution in [-0.2, 0) is 16.6 Å². The number of hydrogen-bond donors (Lipinski definition) is 2. The fourth-order valence-corrected chi connectivity index (χ4v) is 6.53. The first-order valence-electron chi connectivity index (χ1n) is 8.61. The van der Waals surface area contributed by atoms with E-state index >= 15 is 0 Å². The summed E-state index contributed by atoms with van der Waals surface area (Å²) in [7, 11) is -3.79. The van der Waals surface area contributed by atoms with Gasteiger partial charge >= 0.3 is 0 Å². The molecule has 3 aromatic rings. The van der Waals surface area contributed by atoms with Gasteiger partial charge in [-0.1, -0.05) is 13.8 Å². The Morgan fingerprint density at radius 3 is 2.67 bits per heavy atom. The molecule has 0 amide bonds. The Morgan fingerprint density at radius 1 is 1.26 bits per heavy atom. The van der Waals surface area contributed by atoms with Crippen molar-refractivity contribution >= 4 is 42.9 Å². The van der Waals surface area contributed by atoms with Crippen LogP contribution in [0.5, 0.6) is 0 Å². The molecule has 0 saturated heterocycles. The Kier molecular flexibility index (Phi) is 6.29. The lowest BCUT2D eigenvalue weighted by molar-refractivity contribution is 0.181. The van der Waals surface area contributed by atoms with Gasteiger partial charge in [0, 0.05) is 22.8 Å². The van der Waals surface area contributed by atoms with Crippen LogP contribution in [0.1, 0.15) is 29.6 Å². The Hall–Kier alpha value is -1.36. The van der Waals surface area contributed by atoms with Crippen molar-refractivity contribution in [2.75, 3.05) is 13.2 Å². The second kappa shape index (κ2) is 8.34. The average molecular weight is 426 g/mol. The zero-order valence-electron chi connectivity index (χ0n) is 15.2. The molecule has 0 bridgehead atoms. The number of nitrogens with zero attached hydrogens (tertiary/aromatic N) is 2. The second-order valence-electron chi connectivity index (χ2n) is 6.66. The number of nitrogens with two attached hydrogens (primary N) is 1. The van der Waals surface area contributed by atoms with Crippen molar-refractivity contribution in [1.82, 2.24) is 9.29 Å². The fourth-order valence-electron chi connectivity index (χ4n) is 2.89. The first-order chi connectivity index (χ1) is 12.9. The van der Waals surface area contributed by atoms with Crippen LogP contribution in [0.25, 0.3) is 10.2 Å². The van der Waals surface area contributed by atoms with Crippen molar-refractivity contribution in [3.63, 3.8) is 0 Å². The SMILES string of the molecule is CC(C)CN([C@H](CO)c1ccc(CN)s1)S(=O)(=O)c1ccc2ncsc2c1. The number of aromatic nitrogens is 1. The number of hydrogen-bond acceptors (Lipinski definition) is 7. The summed E-state index contributed by atoms with van der Waals surface area (Å²) in [5, 5.41) is 10.1. The standard InChI is InChI=1S/C18H23N3O3S3/c1-12(2)9-21(16(10-22)17-6-3-13(8-19)26-17)27(23,24)14-4-5-15-18(7-14)25-11-20-15/h3-7,11-12,16,22H,8-10,19H2,1-2H3/t16-/m1/s1. The van der Waals surface area contributed by atoms with Gasteiger partial charge in [-0.25, -0.2) is 13.4 Å². The predicted molar refractivity (Wildman–Crippen MR) is 110 cm³/mol. The van der Waals surface area contributed by atoms with Crippen LogP contribution < -0.4 is 5.73 Å². The molecular formula is C18H23N3O3S3. The molecule has 0 aliphatic heterocycles. The molecule has 2 heterocycles. The quantitative estimate of drug-likeness (QED) is 0.578. The van der Waals surface area contributed by atoms with Crippen molar-refractivity contribution in [3.8, 4) is 0 Å². The largest absolute Gasteiger partial charge is 0.394 e. The van der Waals surface area contributed by atoms with Crippen LogP contribution >= 0.6 is 22.7 Å². The molecule has 2 aromatic heterocycles. The zero-order valence-corrected chi connectivity index (χ0v) is 17.6. The first kappa shape index (κ1) is 20.4. The second-order valence-corrected chi connectivity index (χ2v) is 10.6. The minimum Gasteiger partial charge on any atom is -0.394 e. The van der Waals surface area contributed by atoms with Crippen molar-refractivity contribution in [1.29, 1.82) is 0 Å². The number of aliphatic hydroxyl groups is 1. The summed E-state index contributed by atoms with van der Waals surface area (Å²) >= 11 is 2.84. The predicted octanol–water partition coefficient (Wildman–Crippen LogP) is 3.20. The number of rotatable bonds is 8. The summed E-state index contributed by atoms with van der Waals surface area (Å²) in [5.41, 5.74) is 8.17. The lowest BCUT2D eigenvalue weighted by Crippen LogP contribution is -2.38. The van der Waals surface area contributed by atoms with E-state index in [1.54, 1.807) is 23.7 Å². The number of fused-ring (bicyclic) bond motifs is 1. The Bertz CT molecular complexity index is 1010. The summed E-state index contributed by atoms with van der Waals surface area (Å²) < 4.78 is 29.2. The van der Waals surface area contributed by atoms with Gasteiger partial charge in [0.15, 0.2) is 0 Å². The number of benzene rings is 1. The van der Waals surface area contributed by atoms with Gasteiger partial charge in [0.2, 0.25) is 10.0 Å². The molecule has 27 heavy (non-hydrogen) atoms. The van der Waals surface area contributed by atoms with Crippen LogP contribution in [0.2, 0.25) is 0 Å². The normalized spacial score (nSPS) is 13.7. The van der Waals surface area contributed by atoms with E-state index in [0.717, 1.165) is 20.0 Å². The molecule has 9 heteroatoms. The van der Waals surface area contributed by atoms with Crippen LogP contribution in [0.15, 0.2) is 40.7 Å². The molecule has 1 atom stereocenters. The molecule has 1 aromatic carbocycles. The lowest BCUT2D eigenvalue weighted by atomic mass is 10.2. The highest BCUT2D eigenvalue weighted by Gasteiger charge is 2.33. The van der Waals surface area contributed by atoms with Crippen LogP contribution in [0.4, 0.5) is 0 Å². The van der Waals surface area contributed by atoms with Gasteiger partial charge in [0.25, 0.3) is 0 Å². The molecule has 6 nitrogen and oxygen atoms in total. The summed E-state index contributed by atoms with van der Waals surface area (Å²) in [6.45, 7) is 4.33. The molecule has 0 aliphatic carbocycles. The summed E-state index contributed by atoms with van der Waals surface area (Å²) in [5.74, 6) is 0.106. The highest BCUT2D eigenvalue weighted by molar-refractivity contribution is 7.89. The third kappa shape index (κ3) is 4.23. The van der Waals surface area contributed by atoms with E-state index < -0.39 is 16.1 Å². The Balaban J connectivity index is 2.05. The number of sulfonamides is 1. The Morgan fingerprint density at radius 2 is 2.04 bits per heavy atom. The van der Waals surface area contributed by atoms with Crippen LogP contribution in [0.3, 0.4) is 0 Å². The van der Waals surface area contributed by atoms with Crippen molar-refractivity contribution < 1.29 is 13.5 Å². The Labute approximate surface area is 167 Å². The van der Waals surface area contributed by atoms with Gasteiger partial charge in [-0.2, -0.15) is 4.31 Å². The van der Waals surface area contributed by atoms with E-state index in [-0.39, 0.29) is 17.4 Å². The van der Waals surface area contributed by atoms with Gasteiger partial charge in [-0.05, 0) is 36.2 Å². The maximum absolute atomic E-state index is 13.5. The smallest absolute Gasteiger partial charge is 0.243 e. The minimum atomic E-state index is -3.79. The van der Waals surface area contributed by atoms with E-state index in [0.29, 0.717) is 13.1 Å². The third-order valence-electron chi connectivity index (χ3n) is 4.19. The summed E-state index contributed by atoms with van der Waals surface area (Å²) in [6.07, 6.45) is 0. The molecule has 0 unspecified atom stereocenters. The molecule has 3 rings (SSSR count). The van der Waals surface area contributed by atoms with Gasteiger partial charge in [-0.15, -0.1) is 22.7 Å². The molecule has 3 N–H and O–H groups in total. The number of thiophene rings is 1. The molecule has 0 spiro atoms. The minimum absolute atomic E-state index is 0.106. The van der Waals surface area contributed by atoms with E-state index in [4.69, 9.17) is 5.73 Å². The molecule has 146 valence electrons. The number of thiazole rings is 1. The van der Waals surface area contributed by atoms with Crippen LogP contribution in [-0.4, -0.2) is 36.0 Å². The maximum atomic E-state index is 13.5. The maximum Gasteiger partial charge on any atom is 0.243 e. The van der Waals surface area contributed by atoms with Gasteiger partial charge in [0.05, 0.1) is 33.3 Å². The zero-order chi connectivity index (χ0) is 19.6. The monoisotopic (exact) mass is 425 g/mol. The third-order valence-corrected chi connectivity index (χ3v) is 8.06. The van der Waals surface area contributed by atoms with Crippen molar-refractivity contribution in [2.45, 2.75) is 31.3 Å². The van der Waals surface area contributed by atoms with E-state index in [9.17, 15) is 13.5 Å². The van der Waals surface area contributed by atoms with E-state index in [1.165, 1.54) is 27.0 Å². The molecular weight excluding hydrogens is 402 g/mol. The number of aliphatic hydroxyl groups excluding tert-OH is 1. The topological polar surface area (TPSA) is 96.5 Å². The van der Waals surface area contributed by atoms with E-state index in [2.05, 4.69) is 4.98 Å². The molecule has 0 fully saturated rings. The molecule has 0 radical (unpaired) electrons. The first-order valence-corrected chi connectivity index (χ1v) is 11.7. The lowest BCUT2D eigenvalue weighted by Gasteiger charge is -2.30. The van der Waals surface area contributed by atoms with Crippen LogP contribution in [0, 0.1) is 5.92 Å². The van der Waals surface area contributed by atoms with Gasteiger partial charge < -0.3 is 10.8 Å². The highest BCUT2D eigenvalue weighted by atomic mass is 32.2. The summed E-state index contributed by atoms with van der Waals surface area (Å²) in [6, 6.07) is 8.05. The highest BCUT2D eigenvalue weighted by Crippen LogP contribution is 2.33. The van der Waals surface area contributed by atoms with Gasteiger partial charge in [-0.3, -0.25) is 0 Å². The fraction of sp³-hybridized carbons (Fsp3) is 0.389. The van der Waals surface area contributed by atoms with Crippen molar-refractivity contribution in [3.05, 3.63) is 45.6 Å². The molecule has 0 aliphatic rings. The van der Waals surface area contributed by atoms with Gasteiger partial charge in [0.1, 0.15) is 0 Å². The summed E-state index contributed by atoms with van der Waals surface area (Å²) in [4.78, 5) is 6.17. The van der Waals surface area contributed by atoms with Crippen molar-refractivity contribution in [2.24, 2.45) is 11.7 Å². The van der Waals surface area contributed by atoms with E-state index in [1.807, 2.05) is 26.0 Å². The average Bonchev–Trinajstić information content (AvgIpc) is 3.29.